The van der Waals surface area contributed by atoms with Crippen LogP contribution in [-0.2, 0) is 24.1 Å². The molecule has 0 saturated carbocycles. The van der Waals surface area contributed by atoms with Gasteiger partial charge in [-0.25, -0.2) is 14.1 Å². The van der Waals surface area contributed by atoms with Crippen molar-refractivity contribution in [2.75, 3.05) is 5.32 Å². The number of nitrogens with zero attached hydrogens (tertiary/aromatic N) is 5. The van der Waals surface area contributed by atoms with Crippen molar-refractivity contribution in [2.24, 2.45) is 0 Å². The molecule has 0 aliphatic carbocycles. The van der Waals surface area contributed by atoms with Gasteiger partial charge in [0, 0.05) is 11.4 Å². The van der Waals surface area contributed by atoms with Gasteiger partial charge >= 0.3 is 6.18 Å². The maximum absolute atomic E-state index is 13.1. The number of benzene rings is 1. The molecular weight excluding hydrogens is 451 g/mol. The predicted molar refractivity (Wildman–Crippen MR) is 101 cm³/mol. The van der Waals surface area contributed by atoms with Crippen LogP contribution in [0.1, 0.15) is 23.4 Å². The number of aromatic nitrogens is 5. The van der Waals surface area contributed by atoms with E-state index in [1.807, 2.05) is 0 Å². The second-order valence-corrected chi connectivity index (χ2v) is 7.05. The summed E-state index contributed by atoms with van der Waals surface area (Å²) >= 11 is 11.6. The van der Waals surface area contributed by atoms with Crippen molar-refractivity contribution in [2.45, 2.75) is 32.6 Å². The van der Waals surface area contributed by atoms with Crippen LogP contribution in [0.5, 0.6) is 0 Å². The number of carbonyl (C=O) groups is 1. The number of hydrogen-bond donors (Lipinski definition) is 1. The largest absolute Gasteiger partial charge is 0.436 e. The molecule has 3 aromatic rings. The molecule has 13 heteroatoms. The van der Waals surface area contributed by atoms with Crippen LogP contribution < -0.4 is 5.32 Å². The number of nitrogens with one attached hydrogen (secondary N) is 1. The van der Waals surface area contributed by atoms with Gasteiger partial charge in [-0.2, -0.15) is 18.3 Å². The number of carbonyl (C=O) groups excluding carboxylic acids is 1. The molecular formula is C17H14Cl2F4N6O. The molecule has 0 radical (unpaired) electrons. The van der Waals surface area contributed by atoms with E-state index in [1.165, 1.54) is 36.1 Å². The molecule has 7 nitrogen and oxygen atoms in total. The van der Waals surface area contributed by atoms with Crippen molar-refractivity contribution in [1.29, 1.82) is 0 Å². The lowest BCUT2D eigenvalue weighted by atomic mass is 10.2. The normalized spacial score (nSPS) is 11.7. The number of aryl methyl sites for hydroxylation is 1. The second-order valence-electron chi connectivity index (χ2n) is 6.27. The van der Waals surface area contributed by atoms with Crippen molar-refractivity contribution >= 4 is 35.1 Å². The minimum Gasteiger partial charge on any atom is -0.293 e. The Balaban J connectivity index is 1.59. The molecule has 0 aliphatic heterocycles. The van der Waals surface area contributed by atoms with Gasteiger partial charge in [0.25, 0.3) is 0 Å². The zero-order chi connectivity index (χ0) is 22.1. The summed E-state index contributed by atoms with van der Waals surface area (Å²) < 4.78 is 54.1. The van der Waals surface area contributed by atoms with Crippen molar-refractivity contribution in [3.05, 3.63) is 57.3 Å². The van der Waals surface area contributed by atoms with Crippen LogP contribution in [0.4, 0.5) is 23.5 Å². The van der Waals surface area contributed by atoms with Crippen LogP contribution in [0.15, 0.2) is 24.5 Å². The average Bonchev–Trinajstić information content (AvgIpc) is 3.20. The first kappa shape index (κ1) is 22.0. The quantitative estimate of drug-likeness (QED) is 0.550. The lowest BCUT2D eigenvalue weighted by Crippen LogP contribution is -2.17. The summed E-state index contributed by atoms with van der Waals surface area (Å²) in [5.74, 6) is -0.983. The standard InChI is InChI=1S/C17H14Cl2F4N6O/c1-9-14(19)15(17(21,22)23)26-29(9)5-4-13(30)25-16-24-8-28(27-16)7-10-2-3-11(20)6-12(10)18/h2-3,6,8H,4-5,7H2,1H3,(H,25,27,30). The molecule has 1 N–H and O–H groups in total. The van der Waals surface area contributed by atoms with Crippen LogP contribution in [0.2, 0.25) is 10.0 Å². The van der Waals surface area contributed by atoms with E-state index < -0.39 is 28.6 Å². The predicted octanol–water partition coefficient (Wildman–Crippen LogP) is 4.32. The highest BCUT2D eigenvalue weighted by Crippen LogP contribution is 2.35. The highest BCUT2D eigenvalue weighted by Gasteiger charge is 2.38. The van der Waals surface area contributed by atoms with Gasteiger partial charge in [-0.3, -0.25) is 14.8 Å². The summed E-state index contributed by atoms with van der Waals surface area (Å²) in [6, 6.07) is 3.93. The Morgan fingerprint density at radius 1 is 1.23 bits per heavy atom. The second kappa shape index (κ2) is 8.60. The highest BCUT2D eigenvalue weighted by atomic mass is 35.5. The third-order valence-corrected chi connectivity index (χ3v) is 4.89. The van der Waals surface area contributed by atoms with Crippen LogP contribution >= 0.6 is 23.2 Å². The summed E-state index contributed by atoms with van der Waals surface area (Å²) in [6.45, 7) is 1.47. The molecule has 0 aliphatic rings. The van der Waals surface area contributed by atoms with E-state index >= 15 is 0 Å². The number of rotatable bonds is 6. The van der Waals surface area contributed by atoms with Gasteiger partial charge in [0.1, 0.15) is 12.1 Å². The van der Waals surface area contributed by atoms with E-state index in [1.54, 1.807) is 0 Å². The molecule has 1 amide bonds. The molecule has 0 saturated heterocycles. The summed E-state index contributed by atoms with van der Waals surface area (Å²) in [4.78, 5) is 16.0. The Kier molecular flexibility index (Phi) is 6.32. The van der Waals surface area contributed by atoms with Crippen molar-refractivity contribution in [3.63, 3.8) is 0 Å². The molecule has 0 unspecified atom stereocenters. The Labute approximate surface area is 177 Å². The molecule has 0 bridgehead atoms. The maximum atomic E-state index is 13.1. The smallest absolute Gasteiger partial charge is 0.293 e. The van der Waals surface area contributed by atoms with Gasteiger partial charge in [-0.1, -0.05) is 29.3 Å². The number of alkyl halides is 3. The highest BCUT2D eigenvalue weighted by molar-refractivity contribution is 6.32. The summed E-state index contributed by atoms with van der Waals surface area (Å²) in [5.41, 5.74) is -0.482. The Bertz CT molecular complexity index is 1080. The van der Waals surface area contributed by atoms with E-state index in [4.69, 9.17) is 23.2 Å². The molecule has 30 heavy (non-hydrogen) atoms. The lowest BCUT2D eigenvalue weighted by Gasteiger charge is -2.05. The van der Waals surface area contributed by atoms with Crippen LogP contribution in [0, 0.1) is 12.7 Å². The van der Waals surface area contributed by atoms with Gasteiger partial charge in [0.2, 0.25) is 11.9 Å². The van der Waals surface area contributed by atoms with Crippen LogP contribution in [-0.4, -0.2) is 30.5 Å². The van der Waals surface area contributed by atoms with E-state index in [0.29, 0.717) is 5.56 Å². The first-order valence-electron chi connectivity index (χ1n) is 8.48. The summed E-state index contributed by atoms with van der Waals surface area (Å²) in [7, 11) is 0. The molecule has 0 spiro atoms. The topological polar surface area (TPSA) is 77.6 Å². The monoisotopic (exact) mass is 464 g/mol. The van der Waals surface area contributed by atoms with Gasteiger partial charge < -0.3 is 0 Å². The van der Waals surface area contributed by atoms with Crippen molar-refractivity contribution < 1.29 is 22.4 Å². The van der Waals surface area contributed by atoms with Crippen LogP contribution in [0.25, 0.3) is 0 Å². The van der Waals surface area contributed by atoms with Crippen LogP contribution in [0.3, 0.4) is 0 Å². The minimum atomic E-state index is -4.68. The fraction of sp³-hybridized carbons (Fsp3) is 0.294. The Hall–Kier alpha value is -2.66. The fourth-order valence-electron chi connectivity index (χ4n) is 2.57. The molecule has 2 aromatic heterocycles. The van der Waals surface area contributed by atoms with Gasteiger partial charge in [-0.05, 0) is 24.6 Å². The van der Waals surface area contributed by atoms with E-state index in [2.05, 4.69) is 20.5 Å². The van der Waals surface area contributed by atoms with Crippen molar-refractivity contribution in [3.8, 4) is 0 Å². The fourth-order valence-corrected chi connectivity index (χ4v) is 3.04. The zero-order valence-electron chi connectivity index (χ0n) is 15.3. The Morgan fingerprint density at radius 2 is 1.97 bits per heavy atom. The first-order valence-corrected chi connectivity index (χ1v) is 9.23. The lowest BCUT2D eigenvalue weighted by molar-refractivity contribution is -0.141. The van der Waals surface area contributed by atoms with Crippen molar-refractivity contribution in [1.82, 2.24) is 24.5 Å². The maximum Gasteiger partial charge on any atom is 0.436 e. The molecule has 0 atom stereocenters. The molecule has 2 heterocycles. The molecule has 160 valence electrons. The number of hydrogen-bond acceptors (Lipinski definition) is 4. The Morgan fingerprint density at radius 3 is 2.60 bits per heavy atom. The average molecular weight is 465 g/mol. The van der Waals surface area contributed by atoms with E-state index in [0.717, 1.165) is 4.68 Å². The number of halogens is 6. The first-order chi connectivity index (χ1) is 14.0. The number of anilines is 1. The number of amides is 1. The molecule has 3 rings (SSSR count). The van der Waals surface area contributed by atoms with E-state index in [-0.39, 0.29) is 36.2 Å². The minimum absolute atomic E-state index is 0.00411. The summed E-state index contributed by atoms with van der Waals surface area (Å²) in [6.07, 6.45) is -3.50. The summed E-state index contributed by atoms with van der Waals surface area (Å²) in [5, 5.41) is 9.66. The van der Waals surface area contributed by atoms with Gasteiger partial charge in [0.05, 0.1) is 23.8 Å². The SMILES string of the molecule is Cc1c(Cl)c(C(F)(F)F)nn1CCC(=O)Nc1ncn(Cc2ccc(F)cc2Cl)n1. The molecule has 0 fully saturated rings. The molecule has 1 aromatic carbocycles. The zero-order valence-corrected chi connectivity index (χ0v) is 16.9. The third-order valence-electron chi connectivity index (χ3n) is 4.09. The van der Waals surface area contributed by atoms with E-state index in [9.17, 15) is 22.4 Å². The van der Waals surface area contributed by atoms with Gasteiger partial charge in [0.15, 0.2) is 5.69 Å². The van der Waals surface area contributed by atoms with Gasteiger partial charge in [-0.15, -0.1) is 5.10 Å². The third kappa shape index (κ3) is 5.08.